The van der Waals surface area contributed by atoms with Crippen molar-refractivity contribution in [1.82, 2.24) is 9.97 Å². The Morgan fingerprint density at radius 2 is 1.78 bits per heavy atom. The third-order valence-corrected chi connectivity index (χ3v) is 3.74. The van der Waals surface area contributed by atoms with Crippen molar-refractivity contribution >= 4 is 11.8 Å². The van der Waals surface area contributed by atoms with Crippen LogP contribution in [0, 0.1) is 18.8 Å². The standard InChI is InChI=1S/C14H22N4/c1-10-7-13(17-14(15-2)16-10)18(8-11-3-4-11)9-12-5-6-12/h7,11-12H,3-6,8-9H2,1-2H3,(H,15,16,17). The van der Waals surface area contributed by atoms with Gasteiger partial charge in [-0.25, -0.2) is 4.98 Å². The number of aryl methyl sites for hydroxylation is 1. The Morgan fingerprint density at radius 1 is 1.17 bits per heavy atom. The summed E-state index contributed by atoms with van der Waals surface area (Å²) >= 11 is 0. The molecule has 1 heterocycles. The summed E-state index contributed by atoms with van der Waals surface area (Å²) < 4.78 is 0. The number of anilines is 2. The Balaban J connectivity index is 1.79. The first kappa shape index (κ1) is 11.8. The molecular weight excluding hydrogens is 224 g/mol. The summed E-state index contributed by atoms with van der Waals surface area (Å²) in [7, 11) is 1.88. The summed E-state index contributed by atoms with van der Waals surface area (Å²) in [5.74, 6) is 3.64. The molecule has 2 aliphatic rings. The van der Waals surface area contributed by atoms with E-state index in [2.05, 4.69) is 26.3 Å². The summed E-state index contributed by atoms with van der Waals surface area (Å²) in [4.78, 5) is 11.5. The van der Waals surface area contributed by atoms with Crippen LogP contribution in [0.15, 0.2) is 6.07 Å². The van der Waals surface area contributed by atoms with Gasteiger partial charge >= 0.3 is 0 Å². The van der Waals surface area contributed by atoms with Crippen molar-refractivity contribution in [1.29, 1.82) is 0 Å². The highest BCUT2D eigenvalue weighted by molar-refractivity contribution is 5.45. The largest absolute Gasteiger partial charge is 0.357 e. The van der Waals surface area contributed by atoms with Crippen LogP contribution in [-0.4, -0.2) is 30.1 Å². The van der Waals surface area contributed by atoms with Gasteiger partial charge in [-0.2, -0.15) is 4.98 Å². The SMILES string of the molecule is CNc1nc(C)cc(N(CC2CC2)CC2CC2)n1. The highest BCUT2D eigenvalue weighted by atomic mass is 15.2. The van der Waals surface area contributed by atoms with Crippen LogP contribution in [0.1, 0.15) is 31.4 Å². The predicted molar refractivity (Wildman–Crippen MR) is 74.0 cm³/mol. The zero-order chi connectivity index (χ0) is 12.5. The molecule has 0 bridgehead atoms. The molecule has 18 heavy (non-hydrogen) atoms. The second kappa shape index (κ2) is 4.75. The number of hydrogen-bond donors (Lipinski definition) is 1. The molecule has 4 nitrogen and oxygen atoms in total. The van der Waals surface area contributed by atoms with Crippen molar-refractivity contribution in [2.75, 3.05) is 30.4 Å². The lowest BCUT2D eigenvalue weighted by atomic mass is 10.3. The summed E-state index contributed by atoms with van der Waals surface area (Å²) in [5.41, 5.74) is 1.04. The molecule has 0 aliphatic heterocycles. The monoisotopic (exact) mass is 246 g/mol. The van der Waals surface area contributed by atoms with Gasteiger partial charge in [0.1, 0.15) is 5.82 Å². The Labute approximate surface area is 109 Å². The molecule has 0 atom stereocenters. The zero-order valence-electron chi connectivity index (χ0n) is 11.3. The van der Waals surface area contributed by atoms with Crippen LogP contribution in [0.5, 0.6) is 0 Å². The molecule has 1 aromatic heterocycles. The number of rotatable bonds is 6. The van der Waals surface area contributed by atoms with E-state index in [4.69, 9.17) is 0 Å². The normalized spacial score (nSPS) is 18.8. The molecule has 2 fully saturated rings. The fourth-order valence-electron chi connectivity index (χ4n) is 2.31. The quantitative estimate of drug-likeness (QED) is 0.837. The third kappa shape index (κ3) is 2.92. The van der Waals surface area contributed by atoms with Crippen LogP contribution in [0.25, 0.3) is 0 Å². The highest BCUT2D eigenvalue weighted by Crippen LogP contribution is 2.35. The Bertz CT molecular complexity index is 410. The van der Waals surface area contributed by atoms with Crippen LogP contribution < -0.4 is 10.2 Å². The van der Waals surface area contributed by atoms with Crippen molar-refractivity contribution in [2.24, 2.45) is 11.8 Å². The minimum Gasteiger partial charge on any atom is -0.357 e. The van der Waals surface area contributed by atoms with E-state index < -0.39 is 0 Å². The van der Waals surface area contributed by atoms with Crippen molar-refractivity contribution in [3.63, 3.8) is 0 Å². The molecule has 4 heteroatoms. The molecule has 98 valence electrons. The number of nitrogens with one attached hydrogen (secondary N) is 1. The molecule has 2 saturated carbocycles. The fraction of sp³-hybridized carbons (Fsp3) is 0.714. The average molecular weight is 246 g/mol. The van der Waals surface area contributed by atoms with E-state index in [0.717, 1.165) is 29.3 Å². The average Bonchev–Trinajstić information content (AvgIpc) is 3.22. The maximum atomic E-state index is 4.62. The maximum absolute atomic E-state index is 4.62. The van der Waals surface area contributed by atoms with E-state index in [1.807, 2.05) is 14.0 Å². The molecule has 3 rings (SSSR count). The highest BCUT2D eigenvalue weighted by Gasteiger charge is 2.30. The number of hydrogen-bond acceptors (Lipinski definition) is 4. The topological polar surface area (TPSA) is 41.1 Å². The van der Waals surface area contributed by atoms with E-state index >= 15 is 0 Å². The van der Waals surface area contributed by atoms with E-state index in [0.29, 0.717) is 0 Å². The van der Waals surface area contributed by atoms with Crippen molar-refractivity contribution in [2.45, 2.75) is 32.6 Å². The maximum Gasteiger partial charge on any atom is 0.224 e. The molecule has 2 aliphatic carbocycles. The van der Waals surface area contributed by atoms with Crippen molar-refractivity contribution in [3.8, 4) is 0 Å². The molecular formula is C14H22N4. The van der Waals surface area contributed by atoms with E-state index in [1.165, 1.54) is 38.8 Å². The van der Waals surface area contributed by atoms with Crippen molar-refractivity contribution < 1.29 is 0 Å². The lowest BCUT2D eigenvalue weighted by molar-refractivity contribution is 0.670. The molecule has 0 spiro atoms. The van der Waals surface area contributed by atoms with Gasteiger partial charge in [0, 0.05) is 31.9 Å². The van der Waals surface area contributed by atoms with Crippen LogP contribution >= 0.6 is 0 Å². The van der Waals surface area contributed by atoms with Gasteiger partial charge in [-0.3, -0.25) is 0 Å². The molecule has 1 N–H and O–H groups in total. The molecule has 0 aromatic carbocycles. The Kier molecular flexibility index (Phi) is 3.10. The van der Waals surface area contributed by atoms with Gasteiger partial charge in [0.15, 0.2) is 0 Å². The van der Waals surface area contributed by atoms with Crippen LogP contribution in [0.2, 0.25) is 0 Å². The van der Waals surface area contributed by atoms with Crippen LogP contribution in [-0.2, 0) is 0 Å². The van der Waals surface area contributed by atoms with Gasteiger partial charge in [0.2, 0.25) is 5.95 Å². The van der Waals surface area contributed by atoms with Gasteiger partial charge in [0.25, 0.3) is 0 Å². The number of aromatic nitrogens is 2. The van der Waals surface area contributed by atoms with Crippen LogP contribution in [0.4, 0.5) is 11.8 Å². The molecule has 0 unspecified atom stereocenters. The minimum absolute atomic E-state index is 0.738. The first-order valence-electron chi connectivity index (χ1n) is 7.03. The first-order valence-corrected chi connectivity index (χ1v) is 7.03. The second-order valence-corrected chi connectivity index (χ2v) is 5.73. The lowest BCUT2D eigenvalue weighted by Gasteiger charge is -2.24. The summed E-state index contributed by atoms with van der Waals surface area (Å²) in [6.07, 6.45) is 5.57. The van der Waals surface area contributed by atoms with Gasteiger partial charge in [0.05, 0.1) is 0 Å². The molecule has 0 amide bonds. The minimum atomic E-state index is 0.738. The molecule has 0 saturated heterocycles. The summed E-state index contributed by atoms with van der Waals surface area (Å²) in [6.45, 7) is 4.39. The van der Waals surface area contributed by atoms with Gasteiger partial charge in [-0.05, 0) is 44.4 Å². The fourth-order valence-corrected chi connectivity index (χ4v) is 2.31. The van der Waals surface area contributed by atoms with Crippen LogP contribution in [0.3, 0.4) is 0 Å². The third-order valence-electron chi connectivity index (χ3n) is 3.74. The summed E-state index contributed by atoms with van der Waals surface area (Å²) in [6, 6.07) is 2.12. The van der Waals surface area contributed by atoms with Gasteiger partial charge < -0.3 is 10.2 Å². The number of nitrogens with zero attached hydrogens (tertiary/aromatic N) is 3. The van der Waals surface area contributed by atoms with E-state index in [-0.39, 0.29) is 0 Å². The molecule has 1 aromatic rings. The van der Waals surface area contributed by atoms with Gasteiger partial charge in [-0.1, -0.05) is 0 Å². The zero-order valence-corrected chi connectivity index (χ0v) is 11.3. The smallest absolute Gasteiger partial charge is 0.224 e. The van der Waals surface area contributed by atoms with E-state index in [1.54, 1.807) is 0 Å². The Morgan fingerprint density at radius 3 is 2.28 bits per heavy atom. The van der Waals surface area contributed by atoms with Gasteiger partial charge in [-0.15, -0.1) is 0 Å². The lowest BCUT2D eigenvalue weighted by Crippen LogP contribution is -2.29. The summed E-state index contributed by atoms with van der Waals surface area (Å²) in [5, 5.41) is 3.05. The first-order chi connectivity index (χ1) is 8.74. The second-order valence-electron chi connectivity index (χ2n) is 5.73. The van der Waals surface area contributed by atoms with Crippen molar-refractivity contribution in [3.05, 3.63) is 11.8 Å². The van der Waals surface area contributed by atoms with E-state index in [9.17, 15) is 0 Å². The predicted octanol–water partition coefficient (Wildman–Crippen LogP) is 2.45. The Hall–Kier alpha value is -1.32. The molecule has 0 radical (unpaired) electrons.